The average Bonchev–Trinajstić information content (AvgIpc) is 3.35. The van der Waals surface area contributed by atoms with Crippen molar-refractivity contribution in [2.45, 2.75) is 44.2 Å². The Labute approximate surface area is 177 Å². The minimum absolute atomic E-state index is 0.0640. The van der Waals surface area contributed by atoms with Gasteiger partial charge in [0.25, 0.3) is 5.91 Å². The van der Waals surface area contributed by atoms with Crippen molar-refractivity contribution in [1.82, 2.24) is 15.1 Å². The van der Waals surface area contributed by atoms with Crippen LogP contribution in [0.2, 0.25) is 0 Å². The number of amides is 3. The molecule has 2 atom stereocenters. The fraction of sp³-hybridized carbons (Fsp3) is 0.636. The largest absolute Gasteiger partial charge is 0.497 e. The van der Waals surface area contributed by atoms with Gasteiger partial charge in [-0.1, -0.05) is 12.1 Å². The molecule has 7 heteroatoms. The number of benzene rings is 1. The van der Waals surface area contributed by atoms with Crippen LogP contribution in [0.25, 0.3) is 0 Å². The van der Waals surface area contributed by atoms with Gasteiger partial charge in [0.1, 0.15) is 11.3 Å². The standard InChI is InChI=1S/C22H31N3O3S/c1-22(17-8-11-24(12-9-17)18-10-14-29-15-18)20(26)25(21(27)23-22)13-7-16-3-5-19(28-2)6-4-16/h3-6,17-18H,7-15H2,1-2H3,(H,23,27)/t18-,22+/m0/s1. The van der Waals surface area contributed by atoms with Crippen molar-refractivity contribution in [1.29, 1.82) is 0 Å². The molecule has 29 heavy (non-hydrogen) atoms. The number of carbonyl (C=O) groups excluding carboxylic acids is 2. The first-order valence-electron chi connectivity index (χ1n) is 10.6. The van der Waals surface area contributed by atoms with Crippen molar-refractivity contribution in [2.75, 3.05) is 38.2 Å². The summed E-state index contributed by atoms with van der Waals surface area (Å²) in [7, 11) is 1.64. The van der Waals surface area contributed by atoms with E-state index in [-0.39, 0.29) is 17.9 Å². The van der Waals surface area contributed by atoms with E-state index in [9.17, 15) is 9.59 Å². The maximum atomic E-state index is 13.2. The van der Waals surface area contributed by atoms with Crippen LogP contribution in [0.4, 0.5) is 4.79 Å². The number of hydrogen-bond donors (Lipinski definition) is 1. The molecular weight excluding hydrogens is 386 g/mol. The van der Waals surface area contributed by atoms with Gasteiger partial charge >= 0.3 is 6.03 Å². The highest BCUT2D eigenvalue weighted by Gasteiger charge is 2.52. The lowest BCUT2D eigenvalue weighted by atomic mass is 9.78. The molecule has 0 aliphatic carbocycles. The van der Waals surface area contributed by atoms with Crippen LogP contribution in [0, 0.1) is 5.92 Å². The van der Waals surface area contributed by atoms with Crippen LogP contribution in [0.3, 0.4) is 0 Å². The molecule has 3 amide bonds. The summed E-state index contributed by atoms with van der Waals surface area (Å²) in [5.74, 6) is 3.44. The van der Waals surface area contributed by atoms with E-state index < -0.39 is 5.54 Å². The zero-order valence-electron chi connectivity index (χ0n) is 17.4. The second-order valence-electron chi connectivity index (χ2n) is 8.52. The summed E-state index contributed by atoms with van der Waals surface area (Å²) in [4.78, 5) is 29.8. The summed E-state index contributed by atoms with van der Waals surface area (Å²) in [6, 6.07) is 8.22. The summed E-state index contributed by atoms with van der Waals surface area (Å²) in [5.41, 5.74) is 0.316. The van der Waals surface area contributed by atoms with E-state index in [0.29, 0.717) is 19.0 Å². The summed E-state index contributed by atoms with van der Waals surface area (Å²) in [6.07, 6.45) is 3.87. The number of likely N-dealkylation sites (tertiary alicyclic amines) is 1. The van der Waals surface area contributed by atoms with Crippen molar-refractivity contribution >= 4 is 23.7 Å². The highest BCUT2D eigenvalue weighted by atomic mass is 32.2. The van der Waals surface area contributed by atoms with Crippen LogP contribution in [-0.4, -0.2) is 71.6 Å². The SMILES string of the molecule is COc1ccc(CCN2C(=O)N[C@](C)(C3CCN([C@H]4CCSC4)CC3)C2=O)cc1. The second kappa shape index (κ2) is 8.56. The summed E-state index contributed by atoms with van der Waals surface area (Å²) >= 11 is 2.04. The summed E-state index contributed by atoms with van der Waals surface area (Å²) in [5, 5.41) is 3.03. The van der Waals surface area contributed by atoms with Gasteiger partial charge in [0, 0.05) is 18.3 Å². The van der Waals surface area contributed by atoms with Gasteiger partial charge in [0.05, 0.1) is 7.11 Å². The molecule has 0 aromatic heterocycles. The number of methoxy groups -OCH3 is 1. The third kappa shape index (κ3) is 4.12. The van der Waals surface area contributed by atoms with Gasteiger partial charge in [-0.05, 0) is 75.1 Å². The fourth-order valence-electron chi connectivity index (χ4n) is 4.88. The van der Waals surface area contributed by atoms with Crippen molar-refractivity contribution in [3.05, 3.63) is 29.8 Å². The minimum atomic E-state index is -0.770. The molecule has 3 aliphatic heterocycles. The van der Waals surface area contributed by atoms with Gasteiger partial charge in [0.15, 0.2) is 0 Å². The Kier molecular flexibility index (Phi) is 6.06. The molecule has 3 fully saturated rings. The Bertz CT molecular complexity index is 742. The van der Waals surface area contributed by atoms with Gasteiger partial charge in [-0.3, -0.25) is 14.6 Å². The van der Waals surface area contributed by atoms with E-state index in [2.05, 4.69) is 10.2 Å². The lowest BCUT2D eigenvalue weighted by molar-refractivity contribution is -0.133. The van der Waals surface area contributed by atoms with Crippen LogP contribution in [-0.2, 0) is 11.2 Å². The molecule has 0 radical (unpaired) electrons. The first kappa shape index (κ1) is 20.5. The fourth-order valence-corrected chi connectivity index (χ4v) is 6.14. The highest BCUT2D eigenvalue weighted by Crippen LogP contribution is 2.35. The van der Waals surface area contributed by atoms with Crippen LogP contribution >= 0.6 is 11.8 Å². The monoisotopic (exact) mass is 417 g/mol. The van der Waals surface area contributed by atoms with Crippen molar-refractivity contribution in [3.63, 3.8) is 0 Å². The Morgan fingerprint density at radius 3 is 2.52 bits per heavy atom. The molecule has 6 nitrogen and oxygen atoms in total. The van der Waals surface area contributed by atoms with Gasteiger partial charge < -0.3 is 10.1 Å². The van der Waals surface area contributed by atoms with Gasteiger partial charge in [-0.15, -0.1) is 0 Å². The zero-order chi connectivity index (χ0) is 20.4. The van der Waals surface area contributed by atoms with Crippen molar-refractivity contribution in [3.8, 4) is 5.75 Å². The number of carbonyl (C=O) groups is 2. The average molecular weight is 418 g/mol. The molecule has 3 saturated heterocycles. The molecule has 0 bridgehead atoms. The second-order valence-corrected chi connectivity index (χ2v) is 9.66. The molecule has 0 unspecified atom stereocenters. The first-order valence-corrected chi connectivity index (χ1v) is 11.8. The van der Waals surface area contributed by atoms with E-state index >= 15 is 0 Å². The molecule has 158 valence electrons. The number of rotatable bonds is 6. The van der Waals surface area contributed by atoms with Crippen molar-refractivity contribution < 1.29 is 14.3 Å². The Hall–Kier alpha value is -1.73. The molecule has 0 saturated carbocycles. The van der Waals surface area contributed by atoms with Crippen LogP contribution in [0.5, 0.6) is 5.75 Å². The maximum Gasteiger partial charge on any atom is 0.325 e. The Balaban J connectivity index is 1.35. The topological polar surface area (TPSA) is 61.9 Å². The lowest BCUT2D eigenvalue weighted by Gasteiger charge is -2.41. The van der Waals surface area contributed by atoms with E-state index in [1.54, 1.807) is 7.11 Å². The third-order valence-electron chi connectivity index (χ3n) is 6.85. The van der Waals surface area contributed by atoms with E-state index in [0.717, 1.165) is 37.2 Å². The van der Waals surface area contributed by atoms with Gasteiger partial charge in [-0.2, -0.15) is 11.8 Å². The predicted octanol–water partition coefficient (Wildman–Crippen LogP) is 2.77. The van der Waals surface area contributed by atoms with Crippen LogP contribution in [0.15, 0.2) is 24.3 Å². The van der Waals surface area contributed by atoms with Gasteiger partial charge in [-0.25, -0.2) is 4.79 Å². The highest BCUT2D eigenvalue weighted by molar-refractivity contribution is 7.99. The van der Waals surface area contributed by atoms with Crippen molar-refractivity contribution in [2.24, 2.45) is 5.92 Å². The normalized spacial score (nSPS) is 28.8. The predicted molar refractivity (Wildman–Crippen MR) is 115 cm³/mol. The maximum absolute atomic E-state index is 13.2. The van der Waals surface area contributed by atoms with Crippen LogP contribution in [0.1, 0.15) is 31.7 Å². The number of urea groups is 1. The van der Waals surface area contributed by atoms with E-state index in [1.807, 2.05) is 43.0 Å². The number of hydrogen-bond acceptors (Lipinski definition) is 5. The molecule has 1 aromatic rings. The number of nitrogens with one attached hydrogen (secondary N) is 1. The van der Waals surface area contributed by atoms with Gasteiger partial charge in [0.2, 0.25) is 0 Å². The van der Waals surface area contributed by atoms with Crippen LogP contribution < -0.4 is 10.1 Å². The molecule has 3 heterocycles. The number of piperidine rings is 1. The minimum Gasteiger partial charge on any atom is -0.497 e. The van der Waals surface area contributed by atoms with E-state index in [1.165, 1.54) is 22.8 Å². The quantitative estimate of drug-likeness (QED) is 0.721. The number of ether oxygens (including phenoxy) is 1. The number of thioether (sulfide) groups is 1. The smallest absolute Gasteiger partial charge is 0.325 e. The molecular formula is C22H31N3O3S. The third-order valence-corrected chi connectivity index (χ3v) is 8.00. The van der Waals surface area contributed by atoms with E-state index in [4.69, 9.17) is 4.74 Å². The Morgan fingerprint density at radius 2 is 1.90 bits per heavy atom. The molecule has 3 aliphatic rings. The molecule has 4 rings (SSSR count). The summed E-state index contributed by atoms with van der Waals surface area (Å²) in [6.45, 7) is 4.39. The molecule has 0 spiro atoms. The Morgan fingerprint density at radius 1 is 1.17 bits per heavy atom. The lowest BCUT2D eigenvalue weighted by Crippen LogP contribution is -2.55. The molecule has 1 N–H and O–H groups in total. The zero-order valence-corrected chi connectivity index (χ0v) is 18.2. The molecule has 1 aromatic carbocycles. The number of nitrogens with zero attached hydrogens (tertiary/aromatic N) is 2. The first-order chi connectivity index (χ1) is 14.0. The summed E-state index contributed by atoms with van der Waals surface area (Å²) < 4.78 is 5.18. The number of imide groups is 1.